The number of carbonyl (C=O) groups is 3. The molecule has 11 heteroatoms. The van der Waals surface area contributed by atoms with Gasteiger partial charge in [-0.1, -0.05) is 30.3 Å². The number of rotatable bonds is 11. The van der Waals surface area contributed by atoms with Crippen molar-refractivity contribution in [2.75, 3.05) is 33.5 Å². The summed E-state index contributed by atoms with van der Waals surface area (Å²) >= 11 is 0. The van der Waals surface area contributed by atoms with Crippen LogP contribution in [0.3, 0.4) is 0 Å². The third kappa shape index (κ3) is 10.3. The number of Topliss-reactive ketones (excluding diaryl/α,β-unsaturated/α-hetero) is 1. The predicted octanol–water partition coefficient (Wildman–Crippen LogP) is 4.76. The van der Waals surface area contributed by atoms with Crippen LogP contribution in [0.15, 0.2) is 30.3 Å². The number of hydrogen-bond donors (Lipinski definition) is 1. The van der Waals surface area contributed by atoms with Crippen LogP contribution in [0.2, 0.25) is 0 Å². The van der Waals surface area contributed by atoms with E-state index in [9.17, 15) is 18.9 Å². The van der Waals surface area contributed by atoms with Crippen molar-refractivity contribution < 1.29 is 37.5 Å². The molecule has 202 valence electrons. The Morgan fingerprint density at radius 1 is 1.08 bits per heavy atom. The van der Waals surface area contributed by atoms with Crippen LogP contribution in [-0.4, -0.2) is 68.0 Å². The summed E-state index contributed by atoms with van der Waals surface area (Å²) in [7, 11) is -1.16. The lowest BCUT2D eigenvalue weighted by Crippen LogP contribution is -2.44. The minimum Gasteiger partial charge on any atom is -0.445 e. The Morgan fingerprint density at radius 3 is 2.25 bits per heavy atom. The zero-order valence-electron chi connectivity index (χ0n) is 21.9. The van der Waals surface area contributed by atoms with Crippen LogP contribution in [-0.2, 0) is 34.5 Å². The third-order valence-electron chi connectivity index (χ3n) is 5.93. The van der Waals surface area contributed by atoms with Crippen molar-refractivity contribution in [1.29, 1.82) is 0 Å². The molecule has 1 aliphatic heterocycles. The number of alkyl carbamates (subject to hydrolysis) is 1. The third-order valence-corrected chi connectivity index (χ3v) is 7.74. The van der Waals surface area contributed by atoms with E-state index in [0.29, 0.717) is 25.9 Å². The van der Waals surface area contributed by atoms with Crippen LogP contribution in [0.1, 0.15) is 52.0 Å². The van der Waals surface area contributed by atoms with E-state index in [1.807, 2.05) is 51.1 Å². The second-order valence-corrected chi connectivity index (χ2v) is 12.1. The molecule has 0 radical (unpaired) electrons. The van der Waals surface area contributed by atoms with Crippen molar-refractivity contribution in [3.8, 4) is 0 Å². The molecule has 1 unspecified atom stereocenters. The van der Waals surface area contributed by atoms with Crippen molar-refractivity contribution in [2.45, 2.75) is 64.7 Å². The molecule has 1 aromatic carbocycles. The van der Waals surface area contributed by atoms with Crippen molar-refractivity contribution in [1.82, 2.24) is 10.2 Å². The standard InChI is InChI=1S/C25H39N2O8P/c1-25(2,3)35-24(30)27-15-13-19(14-16-27)11-12-21(22(28)18-36(31,32-4)33-5)26-23(29)34-17-20-9-7-6-8-10-20/h6-10,19,21H,11-18H2,1-5H3,(H,26,29). The molecule has 36 heavy (non-hydrogen) atoms. The molecule has 0 spiro atoms. The average molecular weight is 527 g/mol. The normalized spacial score (nSPS) is 15.8. The van der Waals surface area contributed by atoms with Gasteiger partial charge in [-0.25, -0.2) is 9.59 Å². The van der Waals surface area contributed by atoms with Crippen LogP contribution in [0.5, 0.6) is 0 Å². The number of ketones is 1. The van der Waals surface area contributed by atoms with Gasteiger partial charge in [0, 0.05) is 27.3 Å². The fourth-order valence-electron chi connectivity index (χ4n) is 3.86. The molecule has 2 rings (SSSR count). The molecule has 1 heterocycles. The lowest BCUT2D eigenvalue weighted by molar-refractivity contribution is -0.119. The Morgan fingerprint density at radius 2 is 1.69 bits per heavy atom. The fraction of sp³-hybridized carbons (Fsp3) is 0.640. The Kier molecular flexibility index (Phi) is 11.4. The highest BCUT2D eigenvalue weighted by Gasteiger charge is 2.33. The second-order valence-electron chi connectivity index (χ2n) is 9.85. The number of hydrogen-bond acceptors (Lipinski definition) is 8. The van der Waals surface area contributed by atoms with Crippen LogP contribution < -0.4 is 5.32 Å². The van der Waals surface area contributed by atoms with Gasteiger partial charge in [-0.3, -0.25) is 9.36 Å². The van der Waals surface area contributed by atoms with Crippen LogP contribution in [0.25, 0.3) is 0 Å². The number of nitrogens with zero attached hydrogens (tertiary/aromatic N) is 1. The van der Waals surface area contributed by atoms with Gasteiger partial charge in [-0.15, -0.1) is 0 Å². The molecule has 0 aliphatic carbocycles. The van der Waals surface area contributed by atoms with E-state index >= 15 is 0 Å². The maximum Gasteiger partial charge on any atom is 0.410 e. The van der Waals surface area contributed by atoms with E-state index < -0.39 is 37.3 Å². The summed E-state index contributed by atoms with van der Waals surface area (Å²) in [5, 5.41) is 2.62. The molecule has 10 nitrogen and oxygen atoms in total. The van der Waals surface area contributed by atoms with Gasteiger partial charge in [0.05, 0.1) is 6.04 Å². The summed E-state index contributed by atoms with van der Waals surface area (Å²) in [6.45, 7) is 6.68. The van der Waals surface area contributed by atoms with Crippen molar-refractivity contribution in [2.24, 2.45) is 5.92 Å². The van der Waals surface area contributed by atoms with Gasteiger partial charge in [0.2, 0.25) is 0 Å². The highest BCUT2D eigenvalue weighted by atomic mass is 31.2. The molecular formula is C25H39N2O8P. The topological polar surface area (TPSA) is 120 Å². The number of nitrogens with one attached hydrogen (secondary N) is 1. The van der Waals surface area contributed by atoms with Crippen LogP contribution in [0, 0.1) is 5.92 Å². The first kappa shape index (κ1) is 29.8. The number of likely N-dealkylation sites (tertiary alicyclic amines) is 1. The minimum atomic E-state index is -3.59. The van der Waals surface area contributed by atoms with E-state index in [-0.39, 0.29) is 18.6 Å². The van der Waals surface area contributed by atoms with Gasteiger partial charge in [0.1, 0.15) is 18.4 Å². The minimum absolute atomic E-state index is 0.0609. The summed E-state index contributed by atoms with van der Waals surface area (Å²) in [6.07, 6.45) is 0.973. The van der Waals surface area contributed by atoms with Crippen molar-refractivity contribution in [3.05, 3.63) is 35.9 Å². The Balaban J connectivity index is 1.94. The number of carbonyl (C=O) groups excluding carboxylic acids is 3. The van der Waals surface area contributed by atoms with Gasteiger partial charge < -0.3 is 28.7 Å². The van der Waals surface area contributed by atoms with Crippen LogP contribution in [0.4, 0.5) is 9.59 Å². The van der Waals surface area contributed by atoms with E-state index in [4.69, 9.17) is 18.5 Å². The SMILES string of the molecule is COP(=O)(CC(=O)C(CCC1CCN(C(=O)OC(C)(C)C)CC1)NC(=O)OCc1ccccc1)OC. The van der Waals surface area contributed by atoms with Crippen molar-refractivity contribution >= 4 is 25.6 Å². The quantitative estimate of drug-likeness (QED) is 0.410. The first-order valence-corrected chi connectivity index (χ1v) is 13.9. The van der Waals surface area contributed by atoms with Gasteiger partial charge >= 0.3 is 19.8 Å². The van der Waals surface area contributed by atoms with Gasteiger partial charge in [0.25, 0.3) is 0 Å². The maximum atomic E-state index is 13.0. The first-order valence-electron chi connectivity index (χ1n) is 12.1. The smallest absolute Gasteiger partial charge is 0.410 e. The number of ether oxygens (including phenoxy) is 2. The molecule has 1 aliphatic rings. The molecule has 1 N–H and O–H groups in total. The molecular weight excluding hydrogens is 487 g/mol. The first-order chi connectivity index (χ1) is 16.9. The Bertz CT molecular complexity index is 902. The maximum absolute atomic E-state index is 13.0. The van der Waals surface area contributed by atoms with Crippen molar-refractivity contribution in [3.63, 3.8) is 0 Å². The lowest BCUT2D eigenvalue weighted by atomic mass is 9.90. The fourth-order valence-corrected chi connectivity index (χ4v) is 4.87. The van der Waals surface area contributed by atoms with E-state index in [1.165, 1.54) is 14.2 Å². The Labute approximate surface area is 213 Å². The molecule has 1 fully saturated rings. The van der Waals surface area contributed by atoms with Gasteiger partial charge in [-0.05, 0) is 57.9 Å². The average Bonchev–Trinajstić information content (AvgIpc) is 2.85. The molecule has 0 aromatic heterocycles. The zero-order chi connectivity index (χ0) is 26.8. The second kappa shape index (κ2) is 13.8. The highest BCUT2D eigenvalue weighted by molar-refractivity contribution is 7.54. The zero-order valence-corrected chi connectivity index (χ0v) is 22.8. The molecule has 1 atom stereocenters. The summed E-state index contributed by atoms with van der Waals surface area (Å²) < 4.78 is 33.0. The summed E-state index contributed by atoms with van der Waals surface area (Å²) in [5.74, 6) is -0.192. The number of amides is 2. The monoisotopic (exact) mass is 526 g/mol. The molecule has 0 bridgehead atoms. The van der Waals surface area contributed by atoms with E-state index in [1.54, 1.807) is 4.90 Å². The van der Waals surface area contributed by atoms with E-state index in [0.717, 1.165) is 18.4 Å². The van der Waals surface area contributed by atoms with Gasteiger partial charge in [-0.2, -0.15) is 0 Å². The molecule has 1 aromatic rings. The van der Waals surface area contributed by atoms with Gasteiger partial charge in [0.15, 0.2) is 5.78 Å². The molecule has 2 amide bonds. The summed E-state index contributed by atoms with van der Waals surface area (Å²) in [5.41, 5.74) is 0.266. The molecule has 1 saturated heterocycles. The predicted molar refractivity (Wildman–Crippen MR) is 135 cm³/mol. The van der Waals surface area contributed by atoms with E-state index in [2.05, 4.69) is 5.32 Å². The number of benzene rings is 1. The largest absolute Gasteiger partial charge is 0.445 e. The summed E-state index contributed by atoms with van der Waals surface area (Å²) in [4.78, 5) is 39.4. The van der Waals surface area contributed by atoms with Crippen LogP contribution >= 0.6 is 7.60 Å². The number of piperidine rings is 1. The lowest BCUT2D eigenvalue weighted by Gasteiger charge is -2.34. The summed E-state index contributed by atoms with van der Waals surface area (Å²) in [6, 6.07) is 8.28. The highest BCUT2D eigenvalue weighted by Crippen LogP contribution is 2.46. The Hall–Kier alpha value is -2.42. The molecule has 0 saturated carbocycles.